The second-order valence-corrected chi connectivity index (χ2v) is 4.28. The van der Waals surface area contributed by atoms with E-state index in [1.54, 1.807) is 0 Å². The van der Waals surface area contributed by atoms with E-state index in [1.807, 2.05) is 24.3 Å². The number of nitriles is 1. The maximum atomic E-state index is 10.8. The van der Waals surface area contributed by atoms with E-state index < -0.39 is 6.09 Å². The molecule has 1 fully saturated rings. The van der Waals surface area contributed by atoms with Gasteiger partial charge < -0.3 is 10.0 Å². The average Bonchev–Trinajstić information content (AvgIpc) is 2.39. The van der Waals surface area contributed by atoms with Gasteiger partial charge in [-0.3, -0.25) is 0 Å². The molecule has 0 aromatic heterocycles. The lowest BCUT2D eigenvalue weighted by molar-refractivity contribution is 0.132. The third-order valence-corrected chi connectivity index (χ3v) is 3.28. The molecule has 17 heavy (non-hydrogen) atoms. The molecule has 1 heterocycles. The number of hydrogen-bond donors (Lipinski definition) is 1. The van der Waals surface area contributed by atoms with Gasteiger partial charge in [0.2, 0.25) is 0 Å². The number of hydrogen-bond acceptors (Lipinski definition) is 2. The van der Waals surface area contributed by atoms with Gasteiger partial charge in [-0.15, -0.1) is 0 Å². The quantitative estimate of drug-likeness (QED) is 0.805. The first-order valence-electron chi connectivity index (χ1n) is 5.68. The van der Waals surface area contributed by atoms with Gasteiger partial charge in [-0.05, 0) is 36.5 Å². The van der Waals surface area contributed by atoms with E-state index >= 15 is 0 Å². The molecule has 1 aliphatic rings. The lowest BCUT2D eigenvalue weighted by atomic mass is 9.89. The van der Waals surface area contributed by atoms with E-state index in [0.29, 0.717) is 24.6 Å². The van der Waals surface area contributed by atoms with Crippen LogP contribution < -0.4 is 0 Å². The molecule has 0 atom stereocenters. The molecule has 1 saturated heterocycles. The number of benzene rings is 1. The number of carboxylic acid groups (broad SMARTS) is 1. The van der Waals surface area contributed by atoms with Crippen molar-refractivity contribution < 1.29 is 9.90 Å². The maximum absolute atomic E-state index is 10.8. The van der Waals surface area contributed by atoms with Gasteiger partial charge in [0.25, 0.3) is 0 Å². The molecule has 0 aliphatic carbocycles. The number of carbonyl (C=O) groups is 1. The highest BCUT2D eigenvalue weighted by Gasteiger charge is 2.23. The maximum Gasteiger partial charge on any atom is 0.407 e. The molecule has 0 radical (unpaired) electrons. The lowest BCUT2D eigenvalue weighted by Crippen LogP contribution is -2.36. The minimum absolute atomic E-state index is 0.415. The second-order valence-electron chi connectivity index (χ2n) is 4.28. The van der Waals surface area contributed by atoms with Crippen LogP contribution in [0.15, 0.2) is 24.3 Å². The largest absolute Gasteiger partial charge is 0.465 e. The molecular formula is C13H14N2O2. The monoisotopic (exact) mass is 230 g/mol. The van der Waals surface area contributed by atoms with E-state index in [0.717, 1.165) is 12.8 Å². The number of nitrogens with zero attached hydrogens (tertiary/aromatic N) is 2. The number of amides is 1. The Morgan fingerprint density at radius 2 is 1.88 bits per heavy atom. The summed E-state index contributed by atoms with van der Waals surface area (Å²) < 4.78 is 0. The van der Waals surface area contributed by atoms with Crippen molar-refractivity contribution in [2.45, 2.75) is 18.8 Å². The summed E-state index contributed by atoms with van der Waals surface area (Å²) in [7, 11) is 0. The summed E-state index contributed by atoms with van der Waals surface area (Å²) in [6.07, 6.45) is 0.888. The van der Waals surface area contributed by atoms with Crippen LogP contribution in [0.5, 0.6) is 0 Å². The van der Waals surface area contributed by atoms with Crippen LogP contribution in [-0.4, -0.2) is 29.2 Å². The van der Waals surface area contributed by atoms with Crippen molar-refractivity contribution in [3.63, 3.8) is 0 Å². The van der Waals surface area contributed by atoms with E-state index in [9.17, 15) is 4.79 Å². The van der Waals surface area contributed by atoms with Gasteiger partial charge in [0.05, 0.1) is 11.6 Å². The second kappa shape index (κ2) is 4.88. The molecule has 2 rings (SSSR count). The molecule has 0 spiro atoms. The third kappa shape index (κ3) is 2.56. The Hall–Kier alpha value is -2.02. The Labute approximate surface area is 100 Å². The summed E-state index contributed by atoms with van der Waals surface area (Å²) in [6, 6.07) is 9.67. The fourth-order valence-corrected chi connectivity index (χ4v) is 2.23. The molecule has 88 valence electrons. The van der Waals surface area contributed by atoms with Gasteiger partial charge in [0.15, 0.2) is 0 Å². The van der Waals surface area contributed by atoms with E-state index in [4.69, 9.17) is 10.4 Å². The first-order valence-corrected chi connectivity index (χ1v) is 5.68. The minimum atomic E-state index is -0.830. The van der Waals surface area contributed by atoms with Crippen molar-refractivity contribution in [2.24, 2.45) is 0 Å². The normalized spacial score (nSPS) is 16.5. The predicted octanol–water partition coefficient (Wildman–Crippen LogP) is 2.42. The molecule has 1 N–H and O–H groups in total. The number of piperidine rings is 1. The predicted molar refractivity (Wildman–Crippen MR) is 62.7 cm³/mol. The van der Waals surface area contributed by atoms with Crippen molar-refractivity contribution >= 4 is 6.09 Å². The van der Waals surface area contributed by atoms with E-state index in [2.05, 4.69) is 6.07 Å². The summed E-state index contributed by atoms with van der Waals surface area (Å²) in [5, 5.41) is 17.6. The molecule has 0 bridgehead atoms. The van der Waals surface area contributed by atoms with Crippen LogP contribution in [-0.2, 0) is 0 Å². The van der Waals surface area contributed by atoms with Crippen LogP contribution >= 0.6 is 0 Å². The fraction of sp³-hybridized carbons (Fsp3) is 0.385. The molecule has 1 aromatic carbocycles. The Kier molecular flexibility index (Phi) is 3.29. The summed E-state index contributed by atoms with van der Waals surface area (Å²) in [5.41, 5.74) is 1.87. The molecule has 0 saturated carbocycles. The van der Waals surface area contributed by atoms with Crippen LogP contribution in [0.3, 0.4) is 0 Å². The Balaban J connectivity index is 2.00. The van der Waals surface area contributed by atoms with Crippen LogP contribution in [0.4, 0.5) is 4.79 Å². The minimum Gasteiger partial charge on any atom is -0.465 e. The zero-order valence-electron chi connectivity index (χ0n) is 9.47. The smallest absolute Gasteiger partial charge is 0.407 e. The Morgan fingerprint density at radius 1 is 1.29 bits per heavy atom. The summed E-state index contributed by atoms with van der Waals surface area (Å²) in [5.74, 6) is 0.415. The SMILES string of the molecule is N#Cc1ccc(C2CCN(C(=O)O)CC2)cc1. The number of likely N-dealkylation sites (tertiary alicyclic amines) is 1. The molecule has 1 aromatic rings. The van der Waals surface area contributed by atoms with Gasteiger partial charge in [0, 0.05) is 13.1 Å². The van der Waals surface area contributed by atoms with Gasteiger partial charge in [0.1, 0.15) is 0 Å². The third-order valence-electron chi connectivity index (χ3n) is 3.28. The average molecular weight is 230 g/mol. The molecule has 0 unspecified atom stereocenters. The van der Waals surface area contributed by atoms with Crippen molar-refractivity contribution in [2.75, 3.05) is 13.1 Å². The summed E-state index contributed by atoms with van der Waals surface area (Å²) in [6.45, 7) is 1.19. The molecule has 4 nitrogen and oxygen atoms in total. The van der Waals surface area contributed by atoms with E-state index in [-0.39, 0.29) is 0 Å². The summed E-state index contributed by atoms with van der Waals surface area (Å²) >= 11 is 0. The van der Waals surface area contributed by atoms with Crippen molar-refractivity contribution in [1.29, 1.82) is 5.26 Å². The zero-order valence-corrected chi connectivity index (χ0v) is 9.47. The topological polar surface area (TPSA) is 64.3 Å². The lowest BCUT2D eigenvalue weighted by Gasteiger charge is -2.30. The molecular weight excluding hydrogens is 216 g/mol. The Morgan fingerprint density at radius 3 is 2.35 bits per heavy atom. The highest BCUT2D eigenvalue weighted by molar-refractivity contribution is 5.65. The van der Waals surface area contributed by atoms with Gasteiger partial charge in [-0.25, -0.2) is 4.79 Å². The highest BCUT2D eigenvalue weighted by atomic mass is 16.4. The van der Waals surface area contributed by atoms with Crippen LogP contribution in [0.1, 0.15) is 29.9 Å². The zero-order chi connectivity index (χ0) is 12.3. The first kappa shape index (κ1) is 11.5. The van der Waals surface area contributed by atoms with Crippen LogP contribution in [0, 0.1) is 11.3 Å². The first-order chi connectivity index (χ1) is 8.20. The van der Waals surface area contributed by atoms with Crippen LogP contribution in [0.25, 0.3) is 0 Å². The number of rotatable bonds is 1. The van der Waals surface area contributed by atoms with Gasteiger partial charge in [-0.1, -0.05) is 12.1 Å². The van der Waals surface area contributed by atoms with Crippen molar-refractivity contribution in [3.05, 3.63) is 35.4 Å². The molecule has 1 amide bonds. The van der Waals surface area contributed by atoms with E-state index in [1.165, 1.54) is 10.5 Å². The summed E-state index contributed by atoms with van der Waals surface area (Å²) in [4.78, 5) is 12.2. The van der Waals surface area contributed by atoms with Crippen molar-refractivity contribution in [1.82, 2.24) is 4.90 Å². The van der Waals surface area contributed by atoms with Gasteiger partial charge in [-0.2, -0.15) is 5.26 Å². The van der Waals surface area contributed by atoms with Crippen LogP contribution in [0.2, 0.25) is 0 Å². The van der Waals surface area contributed by atoms with Gasteiger partial charge >= 0.3 is 6.09 Å². The molecule has 1 aliphatic heterocycles. The highest BCUT2D eigenvalue weighted by Crippen LogP contribution is 2.28. The van der Waals surface area contributed by atoms with Crippen molar-refractivity contribution in [3.8, 4) is 6.07 Å². The fourth-order valence-electron chi connectivity index (χ4n) is 2.23. The Bertz CT molecular complexity index is 439. The standard InChI is InChI=1S/C13H14N2O2/c14-9-10-1-3-11(4-2-10)12-5-7-15(8-6-12)13(16)17/h1-4,12H,5-8H2,(H,16,17). The molecule has 4 heteroatoms.